The zero-order chi connectivity index (χ0) is 19.1. The number of hydrogen-bond acceptors (Lipinski definition) is 4. The first-order chi connectivity index (χ1) is 13.2. The maximum atomic E-state index is 12.5. The summed E-state index contributed by atoms with van der Waals surface area (Å²) in [5.41, 5.74) is 2.09. The molecule has 1 aliphatic rings. The highest BCUT2D eigenvalue weighted by Gasteiger charge is 2.37. The van der Waals surface area contributed by atoms with Gasteiger partial charge in [0.25, 0.3) is 0 Å². The molecule has 2 atom stereocenters. The molecule has 2 amide bonds. The standard InChI is InChI=1S/C21H26N4O2/c1-2-23-21(27)19-13-18(15-25(19)14-17-8-10-22-11-9-17)24-20(26)12-16-6-4-3-5-7-16/h3-11,18-19H,2,12-15H2,1H3,(H,23,27)(H,24,26)/t18-,19+/m1/s1. The van der Waals surface area contributed by atoms with Crippen molar-refractivity contribution in [2.45, 2.75) is 38.4 Å². The molecule has 1 aromatic heterocycles. The van der Waals surface area contributed by atoms with Gasteiger partial charge in [-0.1, -0.05) is 30.3 Å². The molecular formula is C21H26N4O2. The Bertz CT molecular complexity index is 751. The van der Waals surface area contributed by atoms with Crippen LogP contribution in [0.25, 0.3) is 0 Å². The van der Waals surface area contributed by atoms with E-state index in [9.17, 15) is 9.59 Å². The summed E-state index contributed by atoms with van der Waals surface area (Å²) < 4.78 is 0. The molecule has 0 spiro atoms. The number of carbonyl (C=O) groups excluding carboxylic acids is 2. The molecule has 2 aromatic rings. The Morgan fingerprint density at radius 2 is 1.85 bits per heavy atom. The smallest absolute Gasteiger partial charge is 0.237 e. The van der Waals surface area contributed by atoms with Gasteiger partial charge in [0.15, 0.2) is 0 Å². The van der Waals surface area contributed by atoms with Gasteiger partial charge in [0, 0.05) is 38.1 Å². The number of hydrogen-bond donors (Lipinski definition) is 2. The van der Waals surface area contributed by atoms with Crippen molar-refractivity contribution < 1.29 is 9.59 Å². The van der Waals surface area contributed by atoms with E-state index in [1.165, 1.54) is 0 Å². The molecule has 142 valence electrons. The molecule has 1 saturated heterocycles. The fourth-order valence-electron chi connectivity index (χ4n) is 3.53. The van der Waals surface area contributed by atoms with Gasteiger partial charge >= 0.3 is 0 Å². The lowest BCUT2D eigenvalue weighted by atomic mass is 10.1. The van der Waals surface area contributed by atoms with Gasteiger partial charge in [0.1, 0.15) is 0 Å². The van der Waals surface area contributed by atoms with E-state index in [1.807, 2.05) is 49.4 Å². The number of amides is 2. The molecule has 0 radical (unpaired) electrons. The highest BCUT2D eigenvalue weighted by molar-refractivity contribution is 5.83. The van der Waals surface area contributed by atoms with E-state index in [1.54, 1.807) is 12.4 Å². The van der Waals surface area contributed by atoms with Gasteiger partial charge in [0.05, 0.1) is 12.5 Å². The van der Waals surface area contributed by atoms with Crippen molar-refractivity contribution in [3.05, 3.63) is 66.0 Å². The minimum atomic E-state index is -0.236. The molecule has 0 aliphatic carbocycles. The lowest BCUT2D eigenvalue weighted by Gasteiger charge is -2.23. The monoisotopic (exact) mass is 366 g/mol. The third-order valence-corrected chi connectivity index (χ3v) is 4.76. The van der Waals surface area contributed by atoms with Crippen LogP contribution in [0.1, 0.15) is 24.5 Å². The van der Waals surface area contributed by atoms with Crippen LogP contribution in [0.2, 0.25) is 0 Å². The highest BCUT2D eigenvalue weighted by atomic mass is 16.2. The quantitative estimate of drug-likeness (QED) is 0.779. The van der Waals surface area contributed by atoms with E-state index < -0.39 is 0 Å². The van der Waals surface area contributed by atoms with Gasteiger partial charge in [0.2, 0.25) is 11.8 Å². The molecule has 0 unspecified atom stereocenters. The molecule has 2 heterocycles. The minimum absolute atomic E-state index is 0.00777. The number of likely N-dealkylation sites (N-methyl/N-ethyl adjacent to an activating group) is 1. The summed E-state index contributed by atoms with van der Waals surface area (Å²) in [6, 6.07) is 13.3. The average Bonchev–Trinajstić information content (AvgIpc) is 3.05. The lowest BCUT2D eigenvalue weighted by Crippen LogP contribution is -2.42. The largest absolute Gasteiger partial charge is 0.355 e. The Balaban J connectivity index is 1.63. The Hall–Kier alpha value is -2.73. The number of benzene rings is 1. The summed E-state index contributed by atoms with van der Waals surface area (Å²) in [5.74, 6) is 0.0120. The molecule has 0 bridgehead atoms. The van der Waals surface area contributed by atoms with Gasteiger partial charge in [-0.25, -0.2) is 0 Å². The van der Waals surface area contributed by atoms with E-state index in [0.29, 0.717) is 32.5 Å². The lowest BCUT2D eigenvalue weighted by molar-refractivity contribution is -0.125. The number of nitrogens with zero attached hydrogens (tertiary/aromatic N) is 2. The number of likely N-dealkylation sites (tertiary alicyclic amines) is 1. The average molecular weight is 366 g/mol. The first kappa shape index (κ1) is 19.0. The normalized spacial score (nSPS) is 19.6. The summed E-state index contributed by atoms with van der Waals surface area (Å²) in [4.78, 5) is 31.1. The summed E-state index contributed by atoms with van der Waals surface area (Å²) >= 11 is 0. The van der Waals surface area contributed by atoms with Crippen LogP contribution >= 0.6 is 0 Å². The fourth-order valence-corrected chi connectivity index (χ4v) is 3.53. The van der Waals surface area contributed by atoms with Crippen molar-refractivity contribution in [3.8, 4) is 0 Å². The predicted molar refractivity (Wildman–Crippen MR) is 104 cm³/mol. The van der Waals surface area contributed by atoms with Crippen molar-refractivity contribution in [2.24, 2.45) is 0 Å². The second kappa shape index (κ2) is 9.28. The van der Waals surface area contributed by atoms with Crippen molar-refractivity contribution >= 4 is 11.8 Å². The predicted octanol–water partition coefficient (Wildman–Crippen LogP) is 1.52. The van der Waals surface area contributed by atoms with Crippen molar-refractivity contribution in [3.63, 3.8) is 0 Å². The second-order valence-corrected chi connectivity index (χ2v) is 6.86. The number of carbonyl (C=O) groups is 2. The van der Waals surface area contributed by atoms with Crippen LogP contribution in [-0.4, -0.2) is 46.9 Å². The number of aromatic nitrogens is 1. The first-order valence-corrected chi connectivity index (χ1v) is 9.39. The van der Waals surface area contributed by atoms with Crippen molar-refractivity contribution in [1.82, 2.24) is 20.5 Å². The van der Waals surface area contributed by atoms with Crippen LogP contribution < -0.4 is 10.6 Å². The molecule has 3 rings (SSSR count). The molecule has 1 fully saturated rings. The van der Waals surface area contributed by atoms with Gasteiger partial charge in [-0.15, -0.1) is 0 Å². The van der Waals surface area contributed by atoms with E-state index >= 15 is 0 Å². The van der Waals surface area contributed by atoms with Crippen LogP contribution in [0, 0.1) is 0 Å². The summed E-state index contributed by atoms with van der Waals surface area (Å²) in [6.45, 7) is 3.84. The SMILES string of the molecule is CCNC(=O)[C@@H]1C[C@@H](NC(=O)Cc2ccccc2)CN1Cc1ccncc1. The Morgan fingerprint density at radius 3 is 2.56 bits per heavy atom. The summed E-state index contributed by atoms with van der Waals surface area (Å²) in [5, 5.41) is 6.01. The number of nitrogens with one attached hydrogen (secondary N) is 2. The Labute approximate surface area is 160 Å². The third kappa shape index (κ3) is 5.37. The first-order valence-electron chi connectivity index (χ1n) is 9.39. The molecule has 27 heavy (non-hydrogen) atoms. The molecule has 6 nitrogen and oxygen atoms in total. The molecule has 0 saturated carbocycles. The second-order valence-electron chi connectivity index (χ2n) is 6.86. The summed E-state index contributed by atoms with van der Waals surface area (Å²) in [6.07, 6.45) is 4.49. The molecule has 1 aliphatic heterocycles. The van der Waals surface area contributed by atoms with Crippen LogP contribution in [0.4, 0.5) is 0 Å². The van der Waals surface area contributed by atoms with Crippen molar-refractivity contribution in [1.29, 1.82) is 0 Å². The number of pyridine rings is 1. The Kier molecular flexibility index (Phi) is 6.54. The molecule has 2 N–H and O–H groups in total. The zero-order valence-corrected chi connectivity index (χ0v) is 15.6. The van der Waals surface area contributed by atoms with Gasteiger partial charge in [-0.2, -0.15) is 0 Å². The summed E-state index contributed by atoms with van der Waals surface area (Å²) in [7, 11) is 0. The van der Waals surface area contributed by atoms with Crippen LogP contribution in [0.5, 0.6) is 0 Å². The third-order valence-electron chi connectivity index (χ3n) is 4.76. The van der Waals surface area contributed by atoms with Crippen molar-refractivity contribution in [2.75, 3.05) is 13.1 Å². The van der Waals surface area contributed by atoms with E-state index in [-0.39, 0.29) is 23.9 Å². The van der Waals surface area contributed by atoms with Gasteiger partial charge in [-0.3, -0.25) is 19.5 Å². The zero-order valence-electron chi connectivity index (χ0n) is 15.6. The van der Waals surface area contributed by atoms with E-state index in [4.69, 9.17) is 0 Å². The van der Waals surface area contributed by atoms with Crippen LogP contribution in [0.3, 0.4) is 0 Å². The van der Waals surface area contributed by atoms with Gasteiger partial charge < -0.3 is 10.6 Å². The van der Waals surface area contributed by atoms with Crippen LogP contribution in [0.15, 0.2) is 54.9 Å². The van der Waals surface area contributed by atoms with E-state index in [2.05, 4.69) is 20.5 Å². The number of rotatable bonds is 7. The molecule has 6 heteroatoms. The van der Waals surface area contributed by atoms with E-state index in [0.717, 1.165) is 11.1 Å². The maximum absolute atomic E-state index is 12.5. The highest BCUT2D eigenvalue weighted by Crippen LogP contribution is 2.21. The Morgan fingerprint density at radius 1 is 1.11 bits per heavy atom. The maximum Gasteiger partial charge on any atom is 0.237 e. The molecular weight excluding hydrogens is 340 g/mol. The minimum Gasteiger partial charge on any atom is -0.355 e. The topological polar surface area (TPSA) is 74.3 Å². The van der Waals surface area contributed by atoms with Gasteiger partial charge in [-0.05, 0) is 36.6 Å². The molecule has 1 aromatic carbocycles. The van der Waals surface area contributed by atoms with Crippen LogP contribution in [-0.2, 0) is 22.6 Å². The fraction of sp³-hybridized carbons (Fsp3) is 0.381.